The van der Waals surface area contributed by atoms with E-state index in [0.29, 0.717) is 11.3 Å². The van der Waals surface area contributed by atoms with Crippen molar-refractivity contribution in [2.24, 2.45) is 0 Å². The van der Waals surface area contributed by atoms with Gasteiger partial charge in [0.15, 0.2) is 0 Å². The standard InChI is InChI=1S/C6H7N5S/c12-6-8-5(9-10-6)3-11-2-1-7-4-11/h1-2,4H,3H2,(H2,8,9,10,12). The van der Waals surface area contributed by atoms with Crippen LogP contribution in [0.4, 0.5) is 0 Å². The Hall–Kier alpha value is -1.43. The van der Waals surface area contributed by atoms with E-state index in [2.05, 4.69) is 20.2 Å². The highest BCUT2D eigenvalue weighted by atomic mass is 32.1. The van der Waals surface area contributed by atoms with E-state index in [1.54, 1.807) is 12.5 Å². The maximum absolute atomic E-state index is 4.81. The monoisotopic (exact) mass is 181 g/mol. The summed E-state index contributed by atoms with van der Waals surface area (Å²) in [5.74, 6) is 0.804. The van der Waals surface area contributed by atoms with Gasteiger partial charge >= 0.3 is 0 Å². The van der Waals surface area contributed by atoms with E-state index in [-0.39, 0.29) is 0 Å². The van der Waals surface area contributed by atoms with Crippen molar-refractivity contribution < 1.29 is 0 Å². The van der Waals surface area contributed by atoms with Crippen LogP contribution >= 0.6 is 12.2 Å². The average Bonchev–Trinajstić information content (AvgIpc) is 2.63. The first-order chi connectivity index (χ1) is 5.84. The van der Waals surface area contributed by atoms with Crippen LogP contribution in [0, 0.1) is 4.77 Å². The average molecular weight is 181 g/mol. The molecule has 0 saturated heterocycles. The second kappa shape index (κ2) is 2.90. The Balaban J connectivity index is 2.19. The number of hydrogen-bond donors (Lipinski definition) is 2. The van der Waals surface area contributed by atoms with Crippen LogP contribution in [0.3, 0.4) is 0 Å². The van der Waals surface area contributed by atoms with Crippen molar-refractivity contribution in [3.05, 3.63) is 29.3 Å². The zero-order valence-corrected chi connectivity index (χ0v) is 7.01. The van der Waals surface area contributed by atoms with E-state index in [4.69, 9.17) is 12.2 Å². The lowest BCUT2D eigenvalue weighted by molar-refractivity contribution is 0.747. The molecule has 5 nitrogen and oxygen atoms in total. The minimum absolute atomic E-state index is 0.477. The summed E-state index contributed by atoms with van der Waals surface area (Å²) in [5.41, 5.74) is 0. The first kappa shape index (κ1) is 7.23. The third kappa shape index (κ3) is 1.42. The zero-order chi connectivity index (χ0) is 8.39. The Morgan fingerprint density at radius 1 is 1.50 bits per heavy atom. The quantitative estimate of drug-likeness (QED) is 0.671. The molecule has 0 spiro atoms. The van der Waals surface area contributed by atoms with Gasteiger partial charge in [-0.15, -0.1) is 0 Å². The topological polar surface area (TPSA) is 62.3 Å². The number of aromatic nitrogens is 5. The second-order valence-electron chi connectivity index (χ2n) is 2.35. The predicted octanol–water partition coefficient (Wildman–Crippen LogP) is 0.712. The van der Waals surface area contributed by atoms with E-state index in [0.717, 1.165) is 5.82 Å². The van der Waals surface area contributed by atoms with Gasteiger partial charge in [-0.1, -0.05) is 0 Å². The predicted molar refractivity (Wildman–Crippen MR) is 45.1 cm³/mol. The number of nitrogens with one attached hydrogen (secondary N) is 2. The molecule has 0 aliphatic rings. The molecule has 0 aliphatic heterocycles. The molecule has 0 unspecified atom stereocenters. The second-order valence-corrected chi connectivity index (χ2v) is 2.74. The van der Waals surface area contributed by atoms with Gasteiger partial charge in [-0.3, -0.25) is 10.2 Å². The van der Waals surface area contributed by atoms with Crippen molar-refractivity contribution in [1.82, 2.24) is 24.7 Å². The van der Waals surface area contributed by atoms with Crippen molar-refractivity contribution in [3.63, 3.8) is 0 Å². The van der Waals surface area contributed by atoms with Gasteiger partial charge in [0.1, 0.15) is 5.82 Å². The molecule has 6 heteroatoms. The Bertz CT molecular complexity index is 398. The number of rotatable bonds is 2. The fourth-order valence-corrected chi connectivity index (χ4v) is 1.09. The normalized spacial score (nSPS) is 10.3. The van der Waals surface area contributed by atoms with Crippen LogP contribution in [0.2, 0.25) is 0 Å². The third-order valence-corrected chi connectivity index (χ3v) is 1.64. The number of nitrogens with zero attached hydrogens (tertiary/aromatic N) is 3. The van der Waals surface area contributed by atoms with Gasteiger partial charge in [0, 0.05) is 12.4 Å². The molecule has 0 aliphatic carbocycles. The molecule has 2 aromatic rings. The fraction of sp³-hybridized carbons (Fsp3) is 0.167. The van der Waals surface area contributed by atoms with E-state index >= 15 is 0 Å². The molecular weight excluding hydrogens is 174 g/mol. The van der Waals surface area contributed by atoms with E-state index in [1.807, 2.05) is 10.8 Å². The lowest BCUT2D eigenvalue weighted by atomic mass is 10.6. The van der Waals surface area contributed by atoms with Crippen LogP contribution < -0.4 is 0 Å². The van der Waals surface area contributed by atoms with Crippen LogP contribution in [0.25, 0.3) is 0 Å². The summed E-state index contributed by atoms with van der Waals surface area (Å²) in [5, 5.41) is 5.58. The minimum atomic E-state index is 0.477. The highest BCUT2D eigenvalue weighted by molar-refractivity contribution is 7.71. The summed E-state index contributed by atoms with van der Waals surface area (Å²) in [4.78, 5) is 7.95. The summed E-state index contributed by atoms with van der Waals surface area (Å²) in [7, 11) is 0. The van der Waals surface area contributed by atoms with Crippen molar-refractivity contribution in [2.75, 3.05) is 0 Å². The molecule has 2 heterocycles. The van der Waals surface area contributed by atoms with Crippen LogP contribution in [0.5, 0.6) is 0 Å². The summed E-state index contributed by atoms with van der Waals surface area (Å²) in [6.45, 7) is 0.660. The highest BCUT2D eigenvalue weighted by Crippen LogP contribution is 1.93. The molecule has 0 aromatic carbocycles. The molecule has 12 heavy (non-hydrogen) atoms. The Morgan fingerprint density at radius 3 is 3.00 bits per heavy atom. The summed E-state index contributed by atoms with van der Waals surface area (Å²) >= 11 is 4.81. The molecule has 2 aromatic heterocycles. The molecule has 2 rings (SSSR count). The summed E-state index contributed by atoms with van der Waals surface area (Å²) in [6, 6.07) is 0. The van der Waals surface area contributed by atoms with Crippen molar-refractivity contribution in [2.45, 2.75) is 6.54 Å². The maximum Gasteiger partial charge on any atom is 0.213 e. The molecule has 62 valence electrons. The van der Waals surface area contributed by atoms with Gasteiger partial charge in [0.25, 0.3) is 0 Å². The first-order valence-electron chi connectivity index (χ1n) is 3.44. The Kier molecular flexibility index (Phi) is 1.75. The minimum Gasteiger partial charge on any atom is -0.330 e. The van der Waals surface area contributed by atoms with Crippen LogP contribution in [-0.2, 0) is 6.54 Å². The molecule has 2 N–H and O–H groups in total. The van der Waals surface area contributed by atoms with Crippen molar-refractivity contribution in [1.29, 1.82) is 0 Å². The molecule has 0 bridgehead atoms. The summed E-state index contributed by atoms with van der Waals surface area (Å²) < 4.78 is 2.38. The van der Waals surface area contributed by atoms with Gasteiger partial charge in [-0.2, -0.15) is 0 Å². The Labute approximate surface area is 73.5 Å². The molecular formula is C6H7N5S. The van der Waals surface area contributed by atoms with Gasteiger partial charge < -0.3 is 4.57 Å². The maximum atomic E-state index is 4.81. The molecule has 0 radical (unpaired) electrons. The van der Waals surface area contributed by atoms with Gasteiger partial charge in [-0.25, -0.2) is 9.97 Å². The van der Waals surface area contributed by atoms with Gasteiger partial charge in [0.05, 0.1) is 12.9 Å². The molecule has 0 amide bonds. The van der Waals surface area contributed by atoms with E-state index < -0.39 is 0 Å². The van der Waals surface area contributed by atoms with Crippen molar-refractivity contribution >= 4 is 12.2 Å². The zero-order valence-electron chi connectivity index (χ0n) is 6.19. The van der Waals surface area contributed by atoms with Crippen LogP contribution in [-0.4, -0.2) is 24.7 Å². The highest BCUT2D eigenvalue weighted by Gasteiger charge is 1.95. The number of H-pyrrole nitrogens is 2. The number of aromatic amines is 2. The lowest BCUT2D eigenvalue weighted by Gasteiger charge is -1.94. The number of hydrogen-bond acceptors (Lipinski definition) is 3. The van der Waals surface area contributed by atoms with Crippen molar-refractivity contribution in [3.8, 4) is 0 Å². The van der Waals surface area contributed by atoms with Gasteiger partial charge in [-0.05, 0) is 12.2 Å². The molecule has 0 saturated carbocycles. The first-order valence-corrected chi connectivity index (χ1v) is 3.85. The lowest BCUT2D eigenvalue weighted by Crippen LogP contribution is -1.98. The third-order valence-electron chi connectivity index (χ3n) is 1.44. The molecule has 0 fully saturated rings. The van der Waals surface area contributed by atoms with Gasteiger partial charge in [0.2, 0.25) is 4.77 Å². The summed E-state index contributed by atoms with van der Waals surface area (Å²) in [6.07, 6.45) is 5.32. The Morgan fingerprint density at radius 2 is 2.42 bits per heavy atom. The van der Waals surface area contributed by atoms with E-state index in [1.165, 1.54) is 0 Å². The van der Waals surface area contributed by atoms with Crippen LogP contribution in [0.1, 0.15) is 5.82 Å². The SMILES string of the molecule is S=c1nc(Cn2ccnc2)[nH][nH]1. The number of imidazole rings is 1. The fourth-order valence-electron chi connectivity index (χ4n) is 0.932. The molecule has 0 atom stereocenters. The van der Waals surface area contributed by atoms with E-state index in [9.17, 15) is 0 Å². The largest absolute Gasteiger partial charge is 0.330 e. The smallest absolute Gasteiger partial charge is 0.213 e. The van der Waals surface area contributed by atoms with Crippen LogP contribution in [0.15, 0.2) is 18.7 Å².